The zero-order valence-electron chi connectivity index (χ0n) is 10.8. The van der Waals surface area contributed by atoms with E-state index in [9.17, 15) is 4.79 Å². The third kappa shape index (κ3) is 2.56. The molecule has 1 aromatic heterocycles. The zero-order chi connectivity index (χ0) is 14.1. The largest absolute Gasteiger partial charge is 0.363 e. The molecule has 0 spiro atoms. The molecule has 2 heterocycles. The summed E-state index contributed by atoms with van der Waals surface area (Å²) in [6.45, 7) is 0.757. The molecule has 1 N–H and O–H groups in total. The molecule has 1 fully saturated rings. The molecule has 20 heavy (non-hydrogen) atoms. The molecule has 1 aromatic carbocycles. The van der Waals surface area contributed by atoms with Gasteiger partial charge >= 0.3 is 0 Å². The van der Waals surface area contributed by atoms with Crippen molar-refractivity contribution in [3.63, 3.8) is 0 Å². The number of nitrogens with zero attached hydrogens (tertiary/aromatic N) is 1. The Bertz CT molecular complexity index is 605. The summed E-state index contributed by atoms with van der Waals surface area (Å²) in [7, 11) is 0. The van der Waals surface area contributed by atoms with Gasteiger partial charge in [0.05, 0.1) is 6.04 Å². The van der Waals surface area contributed by atoms with Crippen LogP contribution in [0.5, 0.6) is 0 Å². The highest BCUT2D eigenvalue weighted by Gasteiger charge is 2.31. The number of aromatic nitrogens is 1. The van der Waals surface area contributed by atoms with Crippen LogP contribution in [0.2, 0.25) is 10.0 Å². The Morgan fingerprint density at radius 2 is 2.00 bits per heavy atom. The van der Waals surface area contributed by atoms with Gasteiger partial charge in [-0.25, -0.2) is 0 Å². The summed E-state index contributed by atoms with van der Waals surface area (Å²) < 4.78 is 0. The van der Waals surface area contributed by atoms with Crippen molar-refractivity contribution in [2.45, 2.75) is 18.9 Å². The van der Waals surface area contributed by atoms with Gasteiger partial charge in [-0.2, -0.15) is 0 Å². The van der Waals surface area contributed by atoms with Crippen LogP contribution in [0.15, 0.2) is 36.5 Å². The third-order valence-electron chi connectivity index (χ3n) is 3.60. The van der Waals surface area contributed by atoms with Crippen LogP contribution in [0, 0.1) is 0 Å². The summed E-state index contributed by atoms with van der Waals surface area (Å²) in [5.41, 5.74) is 1.62. The molecule has 3 rings (SSSR count). The van der Waals surface area contributed by atoms with Crippen molar-refractivity contribution in [2.75, 3.05) is 6.54 Å². The minimum absolute atomic E-state index is 0.0218. The van der Waals surface area contributed by atoms with E-state index in [-0.39, 0.29) is 11.9 Å². The second kappa shape index (κ2) is 5.51. The van der Waals surface area contributed by atoms with Crippen LogP contribution < -0.4 is 0 Å². The Labute approximate surface area is 127 Å². The molecule has 0 saturated carbocycles. The van der Waals surface area contributed by atoms with Crippen molar-refractivity contribution in [1.29, 1.82) is 0 Å². The molecule has 3 nitrogen and oxygen atoms in total. The van der Waals surface area contributed by atoms with Crippen molar-refractivity contribution in [3.8, 4) is 0 Å². The Balaban J connectivity index is 1.89. The van der Waals surface area contributed by atoms with E-state index in [1.54, 1.807) is 18.2 Å². The fourth-order valence-corrected chi connectivity index (χ4v) is 3.25. The summed E-state index contributed by atoms with van der Waals surface area (Å²) in [5, 5.41) is 0.966. The minimum atomic E-state index is -0.0218. The molecule has 2 aromatic rings. The Kier molecular flexibility index (Phi) is 3.72. The maximum Gasteiger partial charge on any atom is 0.254 e. The van der Waals surface area contributed by atoms with Gasteiger partial charge in [-0.3, -0.25) is 4.79 Å². The minimum Gasteiger partial charge on any atom is -0.363 e. The summed E-state index contributed by atoms with van der Waals surface area (Å²) >= 11 is 12.0. The van der Waals surface area contributed by atoms with E-state index in [2.05, 4.69) is 4.98 Å². The number of halogens is 2. The Morgan fingerprint density at radius 1 is 1.25 bits per heavy atom. The highest BCUT2D eigenvalue weighted by Crippen LogP contribution is 2.33. The van der Waals surface area contributed by atoms with E-state index in [0.29, 0.717) is 15.6 Å². The number of hydrogen-bond acceptors (Lipinski definition) is 1. The number of likely N-dealkylation sites (tertiary alicyclic amines) is 1. The lowest BCUT2D eigenvalue weighted by atomic mass is 10.1. The van der Waals surface area contributed by atoms with E-state index in [1.807, 2.05) is 23.2 Å². The van der Waals surface area contributed by atoms with Crippen molar-refractivity contribution in [3.05, 3.63) is 57.8 Å². The van der Waals surface area contributed by atoms with Crippen molar-refractivity contribution in [2.24, 2.45) is 0 Å². The fourth-order valence-electron chi connectivity index (χ4n) is 2.73. The van der Waals surface area contributed by atoms with Gasteiger partial charge in [-0.1, -0.05) is 23.2 Å². The molecule has 0 radical (unpaired) electrons. The van der Waals surface area contributed by atoms with Gasteiger partial charge < -0.3 is 9.88 Å². The number of carbonyl (C=O) groups excluding carboxylic acids is 1. The second-order valence-electron chi connectivity index (χ2n) is 4.94. The number of carbonyl (C=O) groups is 1. The molecular weight excluding hydrogens is 295 g/mol. The standard InChI is InChI=1S/C15H14Cl2N2O/c16-11-7-10(8-12(17)9-11)15(20)19-6-2-4-14(19)13-3-1-5-18-13/h1,3,5,7-9,14,18H,2,4,6H2. The van der Waals surface area contributed by atoms with E-state index in [1.165, 1.54) is 0 Å². The van der Waals surface area contributed by atoms with Crippen molar-refractivity contribution >= 4 is 29.1 Å². The summed E-state index contributed by atoms with van der Waals surface area (Å²) in [5.74, 6) is -0.0218. The first-order chi connectivity index (χ1) is 9.65. The molecule has 1 aliphatic heterocycles. The SMILES string of the molecule is O=C(c1cc(Cl)cc(Cl)c1)N1CCCC1c1ccc[nH]1. The van der Waals surface area contributed by atoms with Gasteiger partial charge in [0.2, 0.25) is 0 Å². The average molecular weight is 309 g/mol. The first kappa shape index (κ1) is 13.5. The van der Waals surface area contributed by atoms with Crippen LogP contribution in [-0.4, -0.2) is 22.3 Å². The number of aromatic amines is 1. The van der Waals surface area contributed by atoms with Gasteiger partial charge in [0.1, 0.15) is 0 Å². The van der Waals surface area contributed by atoms with Crippen LogP contribution >= 0.6 is 23.2 Å². The van der Waals surface area contributed by atoms with Crippen molar-refractivity contribution in [1.82, 2.24) is 9.88 Å². The first-order valence-corrected chi connectivity index (χ1v) is 7.31. The molecule has 0 aliphatic carbocycles. The van der Waals surface area contributed by atoms with Gasteiger partial charge in [-0.05, 0) is 43.2 Å². The smallest absolute Gasteiger partial charge is 0.254 e. The lowest BCUT2D eigenvalue weighted by Crippen LogP contribution is -2.30. The highest BCUT2D eigenvalue weighted by atomic mass is 35.5. The predicted octanol–water partition coefficient (Wildman–Crippen LogP) is 4.30. The number of rotatable bonds is 2. The molecule has 1 saturated heterocycles. The topological polar surface area (TPSA) is 36.1 Å². The number of benzene rings is 1. The molecule has 104 valence electrons. The molecule has 1 atom stereocenters. The van der Waals surface area contributed by atoms with Crippen LogP contribution in [0.25, 0.3) is 0 Å². The first-order valence-electron chi connectivity index (χ1n) is 6.55. The fraction of sp³-hybridized carbons (Fsp3) is 0.267. The second-order valence-corrected chi connectivity index (χ2v) is 5.81. The molecule has 0 bridgehead atoms. The molecular formula is C15H14Cl2N2O. The summed E-state index contributed by atoms with van der Waals surface area (Å²) in [4.78, 5) is 17.7. The van der Waals surface area contributed by atoms with E-state index < -0.39 is 0 Å². The van der Waals surface area contributed by atoms with Gasteiger partial charge in [0.25, 0.3) is 5.91 Å². The summed E-state index contributed by atoms with van der Waals surface area (Å²) in [6.07, 6.45) is 3.86. The molecule has 1 unspecified atom stereocenters. The van der Waals surface area contributed by atoms with E-state index in [4.69, 9.17) is 23.2 Å². The zero-order valence-corrected chi connectivity index (χ0v) is 12.3. The van der Waals surface area contributed by atoms with Gasteiger partial charge in [0.15, 0.2) is 0 Å². The number of hydrogen-bond donors (Lipinski definition) is 1. The van der Waals surface area contributed by atoms with E-state index in [0.717, 1.165) is 25.1 Å². The van der Waals surface area contributed by atoms with Crippen LogP contribution in [0.4, 0.5) is 0 Å². The lowest BCUT2D eigenvalue weighted by Gasteiger charge is -2.24. The third-order valence-corrected chi connectivity index (χ3v) is 4.04. The van der Waals surface area contributed by atoms with Crippen LogP contribution in [0.3, 0.4) is 0 Å². The monoisotopic (exact) mass is 308 g/mol. The molecule has 5 heteroatoms. The maximum absolute atomic E-state index is 12.7. The van der Waals surface area contributed by atoms with E-state index >= 15 is 0 Å². The van der Waals surface area contributed by atoms with Crippen molar-refractivity contribution < 1.29 is 4.79 Å². The Morgan fingerprint density at radius 3 is 2.65 bits per heavy atom. The maximum atomic E-state index is 12.7. The lowest BCUT2D eigenvalue weighted by molar-refractivity contribution is 0.0733. The van der Waals surface area contributed by atoms with Gasteiger partial charge in [0, 0.05) is 34.0 Å². The number of amides is 1. The molecule has 1 aliphatic rings. The number of H-pyrrole nitrogens is 1. The number of nitrogens with one attached hydrogen (secondary N) is 1. The summed E-state index contributed by atoms with van der Waals surface area (Å²) in [6, 6.07) is 9.04. The van der Waals surface area contributed by atoms with Crippen LogP contribution in [0.1, 0.15) is 34.9 Å². The predicted molar refractivity (Wildman–Crippen MR) is 80.3 cm³/mol. The van der Waals surface area contributed by atoms with Gasteiger partial charge in [-0.15, -0.1) is 0 Å². The quantitative estimate of drug-likeness (QED) is 0.882. The highest BCUT2D eigenvalue weighted by molar-refractivity contribution is 6.35. The molecule has 1 amide bonds. The normalized spacial score (nSPS) is 18.5. The average Bonchev–Trinajstić information content (AvgIpc) is 3.07. The Hall–Kier alpha value is -1.45. The van der Waals surface area contributed by atoms with Crippen LogP contribution in [-0.2, 0) is 0 Å².